The number of aromatic nitrogens is 6. The lowest BCUT2D eigenvalue weighted by Gasteiger charge is -2.28. The molecule has 6 rings (SSSR count). The third kappa shape index (κ3) is 3.36. The number of nitrogens with one attached hydrogen (secondary N) is 2. The van der Waals surface area contributed by atoms with E-state index in [4.69, 9.17) is 23.2 Å². The Hall–Kier alpha value is -3.40. The first-order valence-corrected chi connectivity index (χ1v) is 11.2. The second kappa shape index (κ2) is 7.87. The van der Waals surface area contributed by atoms with Gasteiger partial charge in [-0.2, -0.15) is 9.89 Å². The largest absolute Gasteiger partial charge is 0.339 e. The highest BCUT2D eigenvalue weighted by Gasteiger charge is 2.17. The van der Waals surface area contributed by atoms with E-state index in [0.29, 0.717) is 32.3 Å². The van der Waals surface area contributed by atoms with Crippen molar-refractivity contribution in [2.45, 2.75) is 0 Å². The molecule has 1 aromatic carbocycles. The first-order valence-electron chi connectivity index (χ1n) is 10.4. The van der Waals surface area contributed by atoms with E-state index < -0.39 is 0 Å². The zero-order chi connectivity index (χ0) is 22.5. The van der Waals surface area contributed by atoms with Gasteiger partial charge in [-0.25, -0.2) is 9.97 Å². The fourth-order valence-corrected chi connectivity index (χ4v) is 4.73. The smallest absolute Gasteiger partial charge is 0.267 e. The average molecular weight is 481 g/mol. The minimum atomic E-state index is -0.293. The quantitative estimate of drug-likeness (QED) is 0.412. The summed E-state index contributed by atoms with van der Waals surface area (Å²) in [5, 5.41) is 11.9. The monoisotopic (exact) mass is 480 g/mol. The Labute approximate surface area is 197 Å². The van der Waals surface area contributed by atoms with Gasteiger partial charge in [-0.15, -0.1) is 0 Å². The maximum absolute atomic E-state index is 13.3. The number of piperazine rings is 1. The average Bonchev–Trinajstić information content (AvgIpc) is 3.48. The molecule has 166 valence electrons. The van der Waals surface area contributed by atoms with Crippen molar-refractivity contribution >= 4 is 45.1 Å². The van der Waals surface area contributed by atoms with Crippen LogP contribution in [0, 0.1) is 0 Å². The van der Waals surface area contributed by atoms with E-state index in [2.05, 4.69) is 30.4 Å². The lowest BCUT2D eigenvalue weighted by molar-refractivity contribution is 0.460. The summed E-state index contributed by atoms with van der Waals surface area (Å²) >= 11 is 12.6. The minimum Gasteiger partial charge on any atom is -0.339 e. The number of halogens is 2. The Kier molecular flexibility index (Phi) is 4.83. The van der Waals surface area contributed by atoms with E-state index in [1.165, 1.54) is 17.1 Å². The molecule has 33 heavy (non-hydrogen) atoms. The number of aromatic amines is 1. The zero-order valence-electron chi connectivity index (χ0n) is 17.3. The SMILES string of the molecule is O=c1c2cnc3[nH]c(-c4cnn(N5CCNCC5)c4)cc3c2ncn1-c1c(Cl)cccc1Cl. The lowest BCUT2D eigenvalue weighted by atomic mass is 10.2. The van der Waals surface area contributed by atoms with Gasteiger partial charge < -0.3 is 10.3 Å². The number of H-pyrrole nitrogens is 1. The predicted molar refractivity (Wildman–Crippen MR) is 129 cm³/mol. The number of hydrogen-bond acceptors (Lipinski definition) is 6. The summed E-state index contributed by atoms with van der Waals surface area (Å²) in [6, 6.07) is 7.03. The van der Waals surface area contributed by atoms with Crippen LogP contribution in [0.15, 0.2) is 54.0 Å². The van der Waals surface area contributed by atoms with Crippen molar-refractivity contribution in [3.05, 3.63) is 69.6 Å². The summed E-state index contributed by atoms with van der Waals surface area (Å²) in [5.74, 6) is 0. The number of para-hydroxylation sites is 1. The van der Waals surface area contributed by atoms with Gasteiger partial charge in [0.2, 0.25) is 0 Å². The minimum absolute atomic E-state index is 0.293. The summed E-state index contributed by atoms with van der Waals surface area (Å²) in [7, 11) is 0. The highest BCUT2D eigenvalue weighted by Crippen LogP contribution is 2.29. The summed E-state index contributed by atoms with van der Waals surface area (Å²) in [5.41, 5.74) is 3.09. The van der Waals surface area contributed by atoms with Crippen molar-refractivity contribution in [2.75, 3.05) is 31.2 Å². The van der Waals surface area contributed by atoms with Crippen molar-refractivity contribution in [1.82, 2.24) is 34.7 Å². The molecule has 0 atom stereocenters. The Bertz CT molecular complexity index is 1540. The Morgan fingerprint density at radius 1 is 1.00 bits per heavy atom. The molecule has 0 radical (unpaired) electrons. The number of nitrogens with zero attached hydrogens (tertiary/aromatic N) is 6. The molecule has 0 saturated carbocycles. The molecule has 0 unspecified atom stereocenters. The van der Waals surface area contributed by atoms with E-state index in [1.807, 2.05) is 23.3 Å². The number of hydrogen-bond donors (Lipinski definition) is 2. The number of rotatable bonds is 3. The Morgan fingerprint density at radius 3 is 2.58 bits per heavy atom. The topological polar surface area (TPSA) is 96.7 Å². The molecule has 4 aromatic heterocycles. The first kappa shape index (κ1) is 20.2. The summed E-state index contributed by atoms with van der Waals surface area (Å²) in [4.78, 5) is 27.5. The van der Waals surface area contributed by atoms with Gasteiger partial charge in [0.15, 0.2) is 0 Å². The molecule has 1 aliphatic heterocycles. The second-order valence-electron chi connectivity index (χ2n) is 7.81. The third-order valence-electron chi connectivity index (χ3n) is 5.82. The van der Waals surface area contributed by atoms with Gasteiger partial charge >= 0.3 is 0 Å². The van der Waals surface area contributed by atoms with Gasteiger partial charge in [-0.1, -0.05) is 29.3 Å². The van der Waals surface area contributed by atoms with Crippen LogP contribution in [0.5, 0.6) is 0 Å². The molecular formula is C22H18Cl2N8O. The van der Waals surface area contributed by atoms with Crippen molar-refractivity contribution in [1.29, 1.82) is 0 Å². The number of pyridine rings is 1. The highest BCUT2D eigenvalue weighted by atomic mass is 35.5. The van der Waals surface area contributed by atoms with E-state index in [0.717, 1.165) is 42.8 Å². The molecule has 11 heteroatoms. The molecule has 0 amide bonds. The number of fused-ring (bicyclic) bond motifs is 3. The van der Waals surface area contributed by atoms with E-state index >= 15 is 0 Å². The van der Waals surface area contributed by atoms with Crippen molar-refractivity contribution in [3.8, 4) is 16.9 Å². The summed E-state index contributed by atoms with van der Waals surface area (Å²) < 4.78 is 1.35. The molecular weight excluding hydrogens is 463 g/mol. The second-order valence-corrected chi connectivity index (χ2v) is 8.62. The summed E-state index contributed by atoms with van der Waals surface area (Å²) in [6.07, 6.45) is 6.78. The fraction of sp³-hybridized carbons (Fsp3) is 0.182. The van der Waals surface area contributed by atoms with Gasteiger partial charge in [-0.3, -0.25) is 14.4 Å². The predicted octanol–water partition coefficient (Wildman–Crippen LogP) is 2.97. The number of benzene rings is 1. The molecule has 5 heterocycles. The standard InChI is InChI=1S/C22H18Cl2N8O/c23-16-2-1-3-17(24)20(16)31-12-27-19-14-8-18(29-21(14)26-10-15(19)22(31)33)13-9-28-32(11-13)30-6-4-25-5-7-30/h1-3,8-12,25H,4-7H2,(H,26,29). The molecule has 1 fully saturated rings. The Balaban J connectivity index is 1.44. The summed E-state index contributed by atoms with van der Waals surface area (Å²) in [6.45, 7) is 3.65. The van der Waals surface area contributed by atoms with Crippen molar-refractivity contribution in [3.63, 3.8) is 0 Å². The van der Waals surface area contributed by atoms with Crippen LogP contribution in [0.1, 0.15) is 0 Å². The molecule has 2 N–H and O–H groups in total. The molecule has 0 bridgehead atoms. The normalized spacial score (nSPS) is 14.4. The fourth-order valence-electron chi connectivity index (χ4n) is 4.15. The van der Waals surface area contributed by atoms with Crippen LogP contribution in [0.2, 0.25) is 10.0 Å². The van der Waals surface area contributed by atoms with Gasteiger partial charge in [0, 0.05) is 43.3 Å². The molecule has 9 nitrogen and oxygen atoms in total. The molecule has 1 aliphatic rings. The maximum atomic E-state index is 13.3. The molecule has 0 spiro atoms. The molecule has 5 aromatic rings. The molecule has 1 saturated heterocycles. The van der Waals surface area contributed by atoms with Crippen LogP contribution in [-0.2, 0) is 0 Å². The van der Waals surface area contributed by atoms with Crippen LogP contribution >= 0.6 is 23.2 Å². The first-order chi connectivity index (χ1) is 16.1. The van der Waals surface area contributed by atoms with E-state index in [1.54, 1.807) is 18.2 Å². The van der Waals surface area contributed by atoms with Crippen LogP contribution in [-0.4, -0.2) is 55.6 Å². The van der Waals surface area contributed by atoms with Crippen molar-refractivity contribution in [2.24, 2.45) is 0 Å². The van der Waals surface area contributed by atoms with Gasteiger partial charge in [0.25, 0.3) is 5.56 Å². The van der Waals surface area contributed by atoms with E-state index in [9.17, 15) is 4.79 Å². The maximum Gasteiger partial charge on any atom is 0.267 e. The Morgan fingerprint density at radius 2 is 1.79 bits per heavy atom. The van der Waals surface area contributed by atoms with Gasteiger partial charge in [-0.05, 0) is 18.2 Å². The van der Waals surface area contributed by atoms with E-state index in [-0.39, 0.29) is 5.56 Å². The van der Waals surface area contributed by atoms with Gasteiger partial charge in [0.05, 0.1) is 44.7 Å². The third-order valence-corrected chi connectivity index (χ3v) is 6.43. The van der Waals surface area contributed by atoms with Crippen molar-refractivity contribution < 1.29 is 0 Å². The zero-order valence-corrected chi connectivity index (χ0v) is 18.8. The van der Waals surface area contributed by atoms with Crippen LogP contribution < -0.4 is 15.9 Å². The van der Waals surface area contributed by atoms with Crippen LogP contribution in [0.25, 0.3) is 38.9 Å². The van der Waals surface area contributed by atoms with Gasteiger partial charge in [0.1, 0.15) is 12.0 Å². The molecule has 0 aliphatic carbocycles. The van der Waals surface area contributed by atoms with Crippen LogP contribution in [0.4, 0.5) is 0 Å². The van der Waals surface area contributed by atoms with Crippen LogP contribution in [0.3, 0.4) is 0 Å². The highest BCUT2D eigenvalue weighted by molar-refractivity contribution is 6.37. The lowest BCUT2D eigenvalue weighted by Crippen LogP contribution is -2.49.